The number of alkyl carbamates (subject to hydrolysis) is 1. The molecule has 2 amide bonds. The van der Waals surface area contributed by atoms with E-state index in [-0.39, 0.29) is 12.5 Å². The lowest BCUT2D eigenvalue weighted by molar-refractivity contribution is -0.122. The number of rotatable bonds is 8. The van der Waals surface area contributed by atoms with Gasteiger partial charge >= 0.3 is 6.09 Å². The van der Waals surface area contributed by atoms with Gasteiger partial charge in [0.1, 0.15) is 5.60 Å². The smallest absolute Gasteiger partial charge is 0.407 e. The Morgan fingerprint density at radius 1 is 1.29 bits per heavy atom. The maximum absolute atomic E-state index is 11.8. The molecule has 0 aromatic carbocycles. The lowest BCUT2D eigenvalue weighted by atomic mass is 10.1. The first-order valence-electron chi connectivity index (χ1n) is 7.90. The molecule has 24 heavy (non-hydrogen) atoms. The van der Waals surface area contributed by atoms with E-state index >= 15 is 0 Å². The van der Waals surface area contributed by atoms with Gasteiger partial charge in [-0.25, -0.2) is 4.79 Å². The second-order valence-electron chi connectivity index (χ2n) is 6.44. The molecule has 10 heteroatoms. The zero-order chi connectivity index (χ0) is 18.2. The number of hydrogen-bond donors (Lipinski definition) is 3. The van der Waals surface area contributed by atoms with Crippen LogP contribution in [0.2, 0.25) is 0 Å². The second kappa shape index (κ2) is 9.16. The highest BCUT2D eigenvalue weighted by molar-refractivity contribution is 5.81. The van der Waals surface area contributed by atoms with Crippen LogP contribution in [0.4, 0.5) is 4.79 Å². The molecule has 0 saturated heterocycles. The van der Waals surface area contributed by atoms with Crippen LogP contribution in [0.15, 0.2) is 0 Å². The Labute approximate surface area is 141 Å². The molecule has 10 nitrogen and oxygen atoms in total. The molecule has 1 aromatic heterocycles. The second-order valence-corrected chi connectivity index (χ2v) is 6.44. The van der Waals surface area contributed by atoms with Gasteiger partial charge < -0.3 is 21.1 Å². The van der Waals surface area contributed by atoms with Crippen molar-refractivity contribution >= 4 is 12.0 Å². The molecule has 1 aromatic rings. The van der Waals surface area contributed by atoms with Crippen LogP contribution in [-0.4, -0.2) is 50.4 Å². The van der Waals surface area contributed by atoms with Crippen LogP contribution in [-0.2, 0) is 23.1 Å². The predicted octanol–water partition coefficient (Wildman–Crippen LogP) is -0.151. The molecule has 136 valence electrons. The normalized spacial score (nSPS) is 12.5. The number of amides is 2. The zero-order valence-electron chi connectivity index (χ0n) is 14.7. The largest absolute Gasteiger partial charge is 0.444 e. The van der Waals surface area contributed by atoms with Crippen molar-refractivity contribution in [3.8, 4) is 0 Å². The number of aryl methyl sites for hydroxylation is 1. The molecule has 0 aliphatic carbocycles. The quantitative estimate of drug-likeness (QED) is 0.559. The van der Waals surface area contributed by atoms with Gasteiger partial charge in [-0.1, -0.05) is 0 Å². The summed E-state index contributed by atoms with van der Waals surface area (Å²) < 4.78 is 5.12. The van der Waals surface area contributed by atoms with E-state index in [0.29, 0.717) is 31.6 Å². The van der Waals surface area contributed by atoms with Crippen molar-refractivity contribution in [3.05, 3.63) is 5.82 Å². The molecular weight excluding hydrogens is 314 g/mol. The summed E-state index contributed by atoms with van der Waals surface area (Å²) in [5.41, 5.74) is 5.31. The SMILES string of the molecule is Cn1nnc(CNC(=O)C(N)CCCCNC(=O)OC(C)(C)C)n1. The van der Waals surface area contributed by atoms with Crippen LogP contribution >= 0.6 is 0 Å². The Morgan fingerprint density at radius 2 is 2.00 bits per heavy atom. The third kappa shape index (κ3) is 8.42. The number of ether oxygens (including phenoxy) is 1. The van der Waals surface area contributed by atoms with Gasteiger partial charge in [0.25, 0.3) is 0 Å². The van der Waals surface area contributed by atoms with Crippen LogP contribution in [0, 0.1) is 0 Å². The number of unbranched alkanes of at least 4 members (excludes halogenated alkanes) is 1. The number of hydrogen-bond acceptors (Lipinski definition) is 7. The van der Waals surface area contributed by atoms with Crippen molar-refractivity contribution in [2.24, 2.45) is 12.8 Å². The van der Waals surface area contributed by atoms with Crippen LogP contribution in [0.25, 0.3) is 0 Å². The fourth-order valence-electron chi connectivity index (χ4n) is 1.82. The van der Waals surface area contributed by atoms with Gasteiger partial charge in [0.15, 0.2) is 5.82 Å². The number of nitrogens with one attached hydrogen (secondary N) is 2. The van der Waals surface area contributed by atoms with Gasteiger partial charge in [0, 0.05) is 6.54 Å². The van der Waals surface area contributed by atoms with Crippen molar-refractivity contribution in [2.45, 2.75) is 58.2 Å². The summed E-state index contributed by atoms with van der Waals surface area (Å²) in [5, 5.41) is 16.7. The minimum atomic E-state index is -0.608. The molecule has 0 saturated carbocycles. The number of nitrogens with zero attached hydrogens (tertiary/aromatic N) is 4. The fourth-order valence-corrected chi connectivity index (χ4v) is 1.82. The van der Waals surface area contributed by atoms with Crippen molar-refractivity contribution < 1.29 is 14.3 Å². The van der Waals surface area contributed by atoms with Gasteiger partial charge in [-0.2, -0.15) is 4.80 Å². The topological polar surface area (TPSA) is 137 Å². The summed E-state index contributed by atoms with van der Waals surface area (Å²) in [6.07, 6.45) is 1.51. The first kappa shape index (κ1) is 19.8. The van der Waals surface area contributed by atoms with Gasteiger partial charge in [0.2, 0.25) is 5.91 Å². The molecule has 0 aliphatic heterocycles. The third-order valence-electron chi connectivity index (χ3n) is 2.92. The van der Waals surface area contributed by atoms with E-state index in [1.54, 1.807) is 27.8 Å². The van der Waals surface area contributed by atoms with E-state index < -0.39 is 17.7 Å². The minimum absolute atomic E-state index is 0.195. The van der Waals surface area contributed by atoms with Crippen LogP contribution in [0.1, 0.15) is 45.9 Å². The van der Waals surface area contributed by atoms with Crippen molar-refractivity contribution in [1.29, 1.82) is 0 Å². The van der Waals surface area contributed by atoms with E-state index in [9.17, 15) is 9.59 Å². The highest BCUT2D eigenvalue weighted by atomic mass is 16.6. The van der Waals surface area contributed by atoms with Crippen molar-refractivity contribution in [3.63, 3.8) is 0 Å². The summed E-state index contributed by atoms with van der Waals surface area (Å²) in [7, 11) is 1.65. The summed E-state index contributed by atoms with van der Waals surface area (Å²) in [4.78, 5) is 24.6. The average Bonchev–Trinajstić information content (AvgIpc) is 2.88. The van der Waals surface area contributed by atoms with Crippen molar-refractivity contribution in [1.82, 2.24) is 30.8 Å². The zero-order valence-corrected chi connectivity index (χ0v) is 14.7. The van der Waals surface area contributed by atoms with E-state index in [0.717, 1.165) is 0 Å². The van der Waals surface area contributed by atoms with Gasteiger partial charge in [0.05, 0.1) is 19.6 Å². The molecule has 0 aliphatic rings. The Balaban J connectivity index is 2.11. The maximum Gasteiger partial charge on any atom is 0.407 e. The van der Waals surface area contributed by atoms with E-state index in [2.05, 4.69) is 26.0 Å². The summed E-state index contributed by atoms with van der Waals surface area (Å²) in [6.45, 7) is 6.09. The minimum Gasteiger partial charge on any atom is -0.444 e. The van der Waals surface area contributed by atoms with E-state index in [4.69, 9.17) is 10.5 Å². The number of carbonyl (C=O) groups excluding carboxylic acids is 2. The molecule has 1 rings (SSSR count). The van der Waals surface area contributed by atoms with Crippen molar-refractivity contribution in [2.75, 3.05) is 6.54 Å². The number of carbonyl (C=O) groups is 2. The highest BCUT2D eigenvalue weighted by Crippen LogP contribution is 2.06. The predicted molar refractivity (Wildman–Crippen MR) is 86.7 cm³/mol. The van der Waals surface area contributed by atoms with Gasteiger partial charge in [-0.15, -0.1) is 10.2 Å². The van der Waals surface area contributed by atoms with Gasteiger partial charge in [-0.05, 0) is 45.2 Å². The Bertz CT molecular complexity index is 539. The van der Waals surface area contributed by atoms with Gasteiger partial charge in [-0.3, -0.25) is 4.79 Å². The third-order valence-corrected chi connectivity index (χ3v) is 2.92. The van der Waals surface area contributed by atoms with Crippen LogP contribution in [0.3, 0.4) is 0 Å². The van der Waals surface area contributed by atoms with Crippen LogP contribution in [0.5, 0.6) is 0 Å². The lowest BCUT2D eigenvalue weighted by Crippen LogP contribution is -2.40. The van der Waals surface area contributed by atoms with E-state index in [1.807, 2.05) is 0 Å². The fraction of sp³-hybridized carbons (Fsp3) is 0.786. The Hall–Kier alpha value is -2.23. The lowest BCUT2D eigenvalue weighted by Gasteiger charge is -2.19. The summed E-state index contributed by atoms with van der Waals surface area (Å²) >= 11 is 0. The molecule has 1 heterocycles. The highest BCUT2D eigenvalue weighted by Gasteiger charge is 2.16. The standard InChI is InChI=1S/C14H27N7O3/c1-14(2,3)24-13(23)16-8-6-5-7-10(15)12(22)17-9-11-18-20-21(4)19-11/h10H,5-9,15H2,1-4H3,(H,16,23)(H,17,22). The summed E-state index contributed by atoms with van der Waals surface area (Å²) in [5.74, 6) is 0.169. The number of aromatic nitrogens is 4. The average molecular weight is 341 g/mol. The number of tetrazole rings is 1. The molecule has 0 fully saturated rings. The molecular formula is C14H27N7O3. The Kier molecular flexibility index (Phi) is 7.56. The molecule has 0 radical (unpaired) electrons. The first-order valence-corrected chi connectivity index (χ1v) is 7.90. The first-order chi connectivity index (χ1) is 11.2. The molecule has 0 bridgehead atoms. The van der Waals surface area contributed by atoms with Crippen LogP contribution < -0.4 is 16.4 Å². The Morgan fingerprint density at radius 3 is 2.58 bits per heavy atom. The number of nitrogens with two attached hydrogens (primary N) is 1. The molecule has 1 unspecified atom stereocenters. The molecule has 1 atom stereocenters. The molecule has 4 N–H and O–H groups in total. The van der Waals surface area contributed by atoms with E-state index in [1.165, 1.54) is 4.80 Å². The molecule has 0 spiro atoms. The monoisotopic (exact) mass is 341 g/mol. The maximum atomic E-state index is 11.8. The summed E-state index contributed by atoms with van der Waals surface area (Å²) in [6, 6.07) is -0.608.